The largest absolute Gasteiger partial charge is 0.393 e. The number of allylic oxidation sites excluding steroid dienone is 2. The van der Waals surface area contributed by atoms with Crippen LogP contribution in [0.25, 0.3) is 6.08 Å². The van der Waals surface area contributed by atoms with E-state index < -0.39 is 0 Å². The van der Waals surface area contributed by atoms with Gasteiger partial charge in [-0.3, -0.25) is 0 Å². The zero-order chi connectivity index (χ0) is 25.6. The lowest BCUT2D eigenvalue weighted by Gasteiger charge is -2.33. The number of anilines is 1. The van der Waals surface area contributed by atoms with Crippen molar-refractivity contribution in [1.29, 1.82) is 5.26 Å². The summed E-state index contributed by atoms with van der Waals surface area (Å²) in [6, 6.07) is 12.1. The molecule has 0 radical (unpaired) electrons. The van der Waals surface area contributed by atoms with Gasteiger partial charge < -0.3 is 21.7 Å². The first-order valence-corrected chi connectivity index (χ1v) is 13.3. The van der Waals surface area contributed by atoms with E-state index in [-0.39, 0.29) is 0 Å². The number of nitrogens with zero attached hydrogens (tertiary/aromatic N) is 5. The van der Waals surface area contributed by atoms with Gasteiger partial charge in [0.05, 0.1) is 10.9 Å². The topological polar surface area (TPSA) is 120 Å². The van der Waals surface area contributed by atoms with E-state index in [1.807, 2.05) is 30.8 Å². The molecule has 1 aromatic heterocycles. The van der Waals surface area contributed by atoms with E-state index >= 15 is 0 Å². The molecule has 2 heterocycles. The molecule has 0 unspecified atom stereocenters. The minimum absolute atomic E-state index is 0.399. The summed E-state index contributed by atoms with van der Waals surface area (Å²) in [6.45, 7) is 8.84. The van der Waals surface area contributed by atoms with Crippen molar-refractivity contribution in [3.63, 3.8) is 0 Å². The monoisotopic (exact) mass is 510 g/mol. The third kappa shape index (κ3) is 9.56. The van der Waals surface area contributed by atoms with Crippen molar-refractivity contribution < 1.29 is 0 Å². The molecule has 1 fully saturated rings. The van der Waals surface area contributed by atoms with Crippen LogP contribution in [0.3, 0.4) is 0 Å². The number of aryl methyl sites for hydroxylation is 1. The van der Waals surface area contributed by atoms with Crippen LogP contribution in [0.1, 0.15) is 22.5 Å². The number of benzene rings is 1. The van der Waals surface area contributed by atoms with E-state index in [9.17, 15) is 0 Å². The summed E-state index contributed by atoms with van der Waals surface area (Å²) < 4.78 is 2.19. The van der Waals surface area contributed by atoms with E-state index in [0.717, 1.165) is 37.6 Å². The average molecular weight is 511 g/mol. The predicted molar refractivity (Wildman–Crippen MR) is 150 cm³/mol. The van der Waals surface area contributed by atoms with Gasteiger partial charge in [0, 0.05) is 44.7 Å². The zero-order valence-electron chi connectivity index (χ0n) is 20.6. The SMILES string of the molecule is C=Cc1ccccc1CSC.CN/C(N)=C/C=C(\N)SN1CCN(c2nc(C)cc(C#N)n2)CC1. The van der Waals surface area contributed by atoms with Crippen LogP contribution in [-0.2, 0) is 5.75 Å². The molecule has 8 nitrogen and oxygen atoms in total. The summed E-state index contributed by atoms with van der Waals surface area (Å²) >= 11 is 3.34. The molecule has 0 bridgehead atoms. The number of aromatic nitrogens is 2. The van der Waals surface area contributed by atoms with Crippen molar-refractivity contribution in [1.82, 2.24) is 19.6 Å². The fraction of sp³-hybridized carbons (Fsp3) is 0.320. The minimum atomic E-state index is 0.399. The second-order valence-corrected chi connectivity index (χ2v) is 9.63. The zero-order valence-corrected chi connectivity index (χ0v) is 22.2. The Morgan fingerprint density at radius 3 is 2.54 bits per heavy atom. The Bertz CT molecular complexity index is 1070. The standard InChI is InChI=1S/C15H22N8S.C10H12S/c1-11-9-12(10-16)21-15(20-11)22-5-7-23(8-6-22)24-14(18)4-3-13(17)19-2;1-3-9-6-4-5-7-10(9)8-11-2/h3-4,9,19H,5-8,17-18H2,1-2H3;3-7H,1,8H2,2H3/b13-3+,14-4+;. The van der Waals surface area contributed by atoms with Gasteiger partial charge in [-0.25, -0.2) is 14.3 Å². The summed E-state index contributed by atoms with van der Waals surface area (Å²) in [4.78, 5) is 10.8. The minimum Gasteiger partial charge on any atom is -0.393 e. The second-order valence-electron chi connectivity index (χ2n) is 7.59. The van der Waals surface area contributed by atoms with Crippen LogP contribution >= 0.6 is 23.7 Å². The van der Waals surface area contributed by atoms with Crippen molar-refractivity contribution in [2.75, 3.05) is 44.4 Å². The van der Waals surface area contributed by atoms with Gasteiger partial charge in [0.15, 0.2) is 0 Å². The molecular formula is C25H34N8S2. The molecular weight excluding hydrogens is 476 g/mol. The first kappa shape index (κ1) is 28.1. The molecule has 1 aliphatic rings. The highest BCUT2D eigenvalue weighted by atomic mass is 32.2. The lowest BCUT2D eigenvalue weighted by atomic mass is 10.1. The van der Waals surface area contributed by atoms with Gasteiger partial charge in [-0.15, -0.1) is 0 Å². The number of nitrogens with two attached hydrogens (primary N) is 2. The quantitative estimate of drug-likeness (QED) is 0.360. The van der Waals surface area contributed by atoms with Crippen molar-refractivity contribution in [3.8, 4) is 6.07 Å². The van der Waals surface area contributed by atoms with Crippen molar-refractivity contribution >= 4 is 35.7 Å². The highest BCUT2D eigenvalue weighted by molar-refractivity contribution is 8.00. The Morgan fingerprint density at radius 2 is 1.91 bits per heavy atom. The van der Waals surface area contributed by atoms with Gasteiger partial charge in [-0.1, -0.05) is 36.9 Å². The van der Waals surface area contributed by atoms with Gasteiger partial charge in [0.25, 0.3) is 0 Å². The summed E-state index contributed by atoms with van der Waals surface area (Å²) in [5.74, 6) is 2.25. The first-order valence-electron chi connectivity index (χ1n) is 11.1. The van der Waals surface area contributed by atoms with Gasteiger partial charge in [-0.2, -0.15) is 17.0 Å². The fourth-order valence-corrected chi connectivity index (χ4v) is 4.53. The van der Waals surface area contributed by atoms with E-state index in [2.05, 4.69) is 61.6 Å². The van der Waals surface area contributed by atoms with Crippen LogP contribution in [0, 0.1) is 18.3 Å². The molecule has 10 heteroatoms. The smallest absolute Gasteiger partial charge is 0.226 e. The van der Waals surface area contributed by atoms with Crippen LogP contribution < -0.4 is 21.7 Å². The first-order chi connectivity index (χ1) is 16.9. The summed E-state index contributed by atoms with van der Waals surface area (Å²) in [5, 5.41) is 12.5. The number of nitrogens with one attached hydrogen (secondary N) is 1. The number of hydrogen-bond acceptors (Lipinski definition) is 10. The molecule has 0 atom stereocenters. The molecule has 0 amide bonds. The van der Waals surface area contributed by atoms with Crippen LogP contribution in [0.2, 0.25) is 0 Å². The lowest BCUT2D eigenvalue weighted by Crippen LogP contribution is -2.44. The Labute approximate surface area is 217 Å². The van der Waals surface area contributed by atoms with Crippen molar-refractivity contribution in [2.45, 2.75) is 12.7 Å². The molecule has 3 rings (SSSR count). The van der Waals surface area contributed by atoms with Crippen molar-refractivity contribution in [3.05, 3.63) is 82.4 Å². The second kappa shape index (κ2) is 15.0. The van der Waals surface area contributed by atoms with Crippen LogP contribution in [-0.4, -0.2) is 53.8 Å². The lowest BCUT2D eigenvalue weighted by molar-refractivity contribution is 0.427. The number of thioether (sulfide) groups is 1. The van der Waals surface area contributed by atoms with Crippen LogP contribution in [0.4, 0.5) is 5.95 Å². The molecule has 1 aromatic carbocycles. The highest BCUT2D eigenvalue weighted by Crippen LogP contribution is 2.21. The Kier molecular flexibility index (Phi) is 12.0. The van der Waals surface area contributed by atoms with Crippen LogP contribution in [0.5, 0.6) is 0 Å². The molecule has 5 N–H and O–H groups in total. The van der Waals surface area contributed by atoms with E-state index in [4.69, 9.17) is 16.7 Å². The molecule has 35 heavy (non-hydrogen) atoms. The molecule has 0 saturated carbocycles. The molecule has 1 saturated heterocycles. The molecule has 2 aromatic rings. The number of piperazine rings is 1. The number of rotatable bonds is 8. The maximum absolute atomic E-state index is 9.02. The summed E-state index contributed by atoms with van der Waals surface area (Å²) in [6.07, 6.45) is 7.54. The summed E-state index contributed by atoms with van der Waals surface area (Å²) in [5.41, 5.74) is 15.5. The number of hydrogen-bond donors (Lipinski definition) is 3. The van der Waals surface area contributed by atoms with Gasteiger partial charge in [-0.05, 0) is 54.5 Å². The third-order valence-corrected chi connectivity index (χ3v) is 6.57. The van der Waals surface area contributed by atoms with Gasteiger partial charge in [0.2, 0.25) is 5.95 Å². The molecule has 1 aliphatic heterocycles. The molecule has 0 spiro atoms. The maximum Gasteiger partial charge on any atom is 0.226 e. The normalized spacial score (nSPS) is 14.5. The fourth-order valence-electron chi connectivity index (χ4n) is 3.19. The van der Waals surface area contributed by atoms with Crippen LogP contribution in [0.15, 0.2) is 59.9 Å². The van der Waals surface area contributed by atoms with E-state index in [1.54, 1.807) is 25.3 Å². The maximum atomic E-state index is 9.02. The number of nitriles is 1. The van der Waals surface area contributed by atoms with E-state index in [0.29, 0.717) is 22.5 Å². The predicted octanol–water partition coefficient (Wildman–Crippen LogP) is 3.44. The Balaban J connectivity index is 0.000000328. The van der Waals surface area contributed by atoms with Gasteiger partial charge >= 0.3 is 0 Å². The van der Waals surface area contributed by atoms with Gasteiger partial charge in [0.1, 0.15) is 11.8 Å². The van der Waals surface area contributed by atoms with E-state index in [1.165, 1.54) is 23.1 Å². The molecule has 186 valence electrons. The highest BCUT2D eigenvalue weighted by Gasteiger charge is 2.20. The van der Waals surface area contributed by atoms with Crippen molar-refractivity contribution in [2.24, 2.45) is 11.5 Å². The molecule has 0 aliphatic carbocycles. The third-order valence-electron chi connectivity index (χ3n) is 5.00. The Morgan fingerprint density at radius 1 is 1.20 bits per heavy atom. The average Bonchev–Trinajstić information content (AvgIpc) is 2.88. The summed E-state index contributed by atoms with van der Waals surface area (Å²) in [7, 11) is 1.76. The Hall–Kier alpha value is -3.13.